The Labute approximate surface area is 298 Å². The first-order valence-electron chi connectivity index (χ1n) is 18.0. The van der Waals surface area contributed by atoms with Crippen LogP contribution in [0.25, 0.3) is 0 Å². The van der Waals surface area contributed by atoms with Crippen molar-refractivity contribution in [2.24, 2.45) is 0 Å². The summed E-state index contributed by atoms with van der Waals surface area (Å²) in [4.78, 5) is 97.4. The summed E-state index contributed by atoms with van der Waals surface area (Å²) < 4.78 is 0. The molecule has 4 fully saturated rings. The Bertz CT molecular complexity index is 1490. The first kappa shape index (κ1) is 37.5. The van der Waals surface area contributed by atoms with Crippen LogP contribution < -0.4 is 26.6 Å². The number of urea groups is 2. The molecule has 278 valence electrons. The van der Waals surface area contributed by atoms with E-state index in [1.165, 1.54) is 4.90 Å². The van der Waals surface area contributed by atoms with E-state index in [9.17, 15) is 33.6 Å². The molecule has 16 nitrogen and oxygen atoms in total. The van der Waals surface area contributed by atoms with Gasteiger partial charge >= 0.3 is 12.1 Å². The lowest BCUT2D eigenvalue weighted by Gasteiger charge is -2.38. The van der Waals surface area contributed by atoms with Crippen molar-refractivity contribution in [2.75, 3.05) is 43.9 Å². The van der Waals surface area contributed by atoms with Gasteiger partial charge in [0, 0.05) is 49.0 Å². The number of anilines is 2. The molecular formula is C35H51N9O7. The molecule has 0 bridgehead atoms. The van der Waals surface area contributed by atoms with Crippen LogP contribution in [0.2, 0.25) is 0 Å². The number of aldehydes is 1. The van der Waals surface area contributed by atoms with Gasteiger partial charge in [0.1, 0.15) is 18.4 Å². The van der Waals surface area contributed by atoms with Gasteiger partial charge in [0.15, 0.2) is 0 Å². The second-order valence-electron chi connectivity index (χ2n) is 14.0. The number of fused-ring (bicyclic) bond motifs is 2. The van der Waals surface area contributed by atoms with Crippen LogP contribution in [-0.4, -0.2) is 137 Å². The number of amides is 8. The molecule has 5 rings (SSSR count). The summed E-state index contributed by atoms with van der Waals surface area (Å²) >= 11 is 0. The van der Waals surface area contributed by atoms with E-state index in [-0.39, 0.29) is 61.3 Å². The first-order chi connectivity index (χ1) is 24.4. The zero-order chi connectivity index (χ0) is 36.8. The molecule has 1 aromatic carbocycles. The quantitative estimate of drug-likeness (QED) is 0.248. The van der Waals surface area contributed by atoms with Gasteiger partial charge in [0.05, 0.1) is 25.2 Å². The standard InChI is InChI=1S/C35H51N9O7/c1-5-30(46)39-28-18-41(17-15-26-12-13-27(20-45)44(26)33(28)49)34(50)37-23-7-9-24(10-8-23)38-35(51)42-16-14-25-11-6-21(2)43(25)32(48)29(19-42)40-31(47)22(3)36-4/h7-10,20-22,25-29,36H,5-6,11-19H2,1-4H3,(H,37,50)(H,38,51)(H,39,46)(H,40,47)/t21?,22?,25-,26-,27+,28+,29?/m1/s1. The number of likely N-dealkylation sites (N-methyl/N-ethyl adjacent to an activating group) is 1. The number of hydrogen-bond donors (Lipinski definition) is 5. The fourth-order valence-corrected chi connectivity index (χ4v) is 7.52. The highest BCUT2D eigenvalue weighted by Gasteiger charge is 2.43. The summed E-state index contributed by atoms with van der Waals surface area (Å²) in [6, 6.07) is 2.63. The molecule has 51 heavy (non-hydrogen) atoms. The first-order valence-corrected chi connectivity index (χ1v) is 18.0. The van der Waals surface area contributed by atoms with Crippen LogP contribution in [0.1, 0.15) is 65.7 Å². The number of nitrogens with zero attached hydrogens (tertiary/aromatic N) is 4. The summed E-state index contributed by atoms with van der Waals surface area (Å²) in [5.74, 6) is -1.21. The third-order valence-corrected chi connectivity index (χ3v) is 10.6. The molecule has 4 aliphatic rings. The minimum absolute atomic E-state index is 0.0117. The molecule has 7 atom stereocenters. The van der Waals surface area contributed by atoms with Crippen LogP contribution in [-0.2, 0) is 24.0 Å². The van der Waals surface area contributed by atoms with Gasteiger partial charge in [0.25, 0.3) is 0 Å². The van der Waals surface area contributed by atoms with Gasteiger partial charge in [0.2, 0.25) is 23.6 Å². The van der Waals surface area contributed by atoms with E-state index in [2.05, 4.69) is 26.6 Å². The average Bonchev–Trinajstić information content (AvgIpc) is 3.70. The van der Waals surface area contributed by atoms with Crippen molar-refractivity contribution >= 4 is 53.4 Å². The number of benzene rings is 1. The normalized spacial score (nSPS) is 27.2. The largest absolute Gasteiger partial charge is 0.343 e. The Kier molecular flexibility index (Phi) is 12.2. The van der Waals surface area contributed by atoms with Crippen LogP contribution in [0.15, 0.2) is 24.3 Å². The van der Waals surface area contributed by atoms with Crippen LogP contribution in [0, 0.1) is 0 Å². The van der Waals surface area contributed by atoms with E-state index < -0.39 is 36.2 Å². The van der Waals surface area contributed by atoms with Crippen LogP contribution >= 0.6 is 0 Å². The lowest BCUT2D eigenvalue weighted by Crippen LogP contribution is -2.61. The molecule has 0 radical (unpaired) electrons. The highest BCUT2D eigenvalue weighted by Crippen LogP contribution is 2.30. The van der Waals surface area contributed by atoms with Crippen molar-refractivity contribution in [3.8, 4) is 0 Å². The second kappa shape index (κ2) is 16.5. The predicted molar refractivity (Wildman–Crippen MR) is 189 cm³/mol. The van der Waals surface area contributed by atoms with Gasteiger partial charge in [-0.05, 0) is 83.7 Å². The monoisotopic (exact) mass is 709 g/mol. The van der Waals surface area contributed by atoms with Crippen molar-refractivity contribution in [3.05, 3.63) is 24.3 Å². The molecule has 8 amide bonds. The number of hydrogen-bond acceptors (Lipinski definition) is 8. The van der Waals surface area contributed by atoms with Gasteiger partial charge in [-0.3, -0.25) is 19.2 Å². The number of carbonyl (C=O) groups is 7. The molecule has 16 heteroatoms. The molecule has 0 aromatic heterocycles. The fraction of sp³-hybridized carbons (Fsp3) is 0.629. The van der Waals surface area contributed by atoms with Crippen molar-refractivity contribution in [2.45, 2.75) is 108 Å². The molecule has 4 saturated heterocycles. The topological polar surface area (TPSA) is 193 Å². The third-order valence-electron chi connectivity index (χ3n) is 10.6. The SMILES string of the molecule is CCC(=O)N[C@H]1CN(C(=O)Nc2ccc(NC(=O)N3CC[C@H]4CCC(C)N4C(=O)C(NC(=O)C(C)NC)C3)cc2)CC[C@H]2CC[C@@H](C=O)N2C1=O. The molecule has 4 heterocycles. The molecule has 0 spiro atoms. The lowest BCUT2D eigenvalue weighted by molar-refractivity contribution is -0.141. The molecule has 1 aromatic rings. The molecule has 0 saturated carbocycles. The Morgan fingerprint density at radius 3 is 1.82 bits per heavy atom. The zero-order valence-electron chi connectivity index (χ0n) is 29.9. The third kappa shape index (κ3) is 8.60. The lowest BCUT2D eigenvalue weighted by atomic mass is 10.1. The van der Waals surface area contributed by atoms with E-state index in [1.54, 1.807) is 55.0 Å². The predicted octanol–water partition coefficient (Wildman–Crippen LogP) is 1.09. The minimum atomic E-state index is -0.984. The highest BCUT2D eigenvalue weighted by molar-refractivity contribution is 5.95. The summed E-state index contributed by atoms with van der Waals surface area (Å²) in [5, 5.41) is 14.2. The van der Waals surface area contributed by atoms with E-state index in [0.29, 0.717) is 50.1 Å². The molecular weight excluding hydrogens is 658 g/mol. The molecule has 4 aliphatic heterocycles. The van der Waals surface area contributed by atoms with Gasteiger partial charge < -0.3 is 51.0 Å². The Hall–Kier alpha value is -4.73. The van der Waals surface area contributed by atoms with Crippen molar-refractivity contribution < 1.29 is 33.6 Å². The maximum atomic E-state index is 13.7. The number of carbonyl (C=O) groups excluding carboxylic acids is 7. The minimum Gasteiger partial charge on any atom is -0.343 e. The van der Waals surface area contributed by atoms with Crippen LogP contribution in [0.3, 0.4) is 0 Å². The van der Waals surface area contributed by atoms with E-state index in [4.69, 9.17) is 0 Å². The van der Waals surface area contributed by atoms with E-state index >= 15 is 0 Å². The Balaban J connectivity index is 1.23. The molecule has 5 N–H and O–H groups in total. The van der Waals surface area contributed by atoms with Crippen molar-refractivity contribution in [3.63, 3.8) is 0 Å². The summed E-state index contributed by atoms with van der Waals surface area (Å²) in [5.41, 5.74) is 0.926. The maximum absolute atomic E-state index is 13.7. The smallest absolute Gasteiger partial charge is 0.321 e. The van der Waals surface area contributed by atoms with E-state index in [0.717, 1.165) is 19.1 Å². The Morgan fingerprint density at radius 2 is 1.29 bits per heavy atom. The fourth-order valence-electron chi connectivity index (χ4n) is 7.52. The maximum Gasteiger partial charge on any atom is 0.321 e. The van der Waals surface area contributed by atoms with Crippen molar-refractivity contribution in [1.82, 2.24) is 35.6 Å². The number of rotatable bonds is 8. The summed E-state index contributed by atoms with van der Waals surface area (Å²) in [6.07, 6.45) is 4.97. The van der Waals surface area contributed by atoms with Crippen molar-refractivity contribution in [1.29, 1.82) is 0 Å². The van der Waals surface area contributed by atoms with Crippen LogP contribution in [0.4, 0.5) is 21.0 Å². The van der Waals surface area contributed by atoms with Gasteiger partial charge in [-0.25, -0.2) is 9.59 Å². The van der Waals surface area contributed by atoms with Gasteiger partial charge in [-0.15, -0.1) is 0 Å². The van der Waals surface area contributed by atoms with Crippen LogP contribution in [0.5, 0.6) is 0 Å². The highest BCUT2D eigenvalue weighted by atomic mass is 16.2. The van der Waals surface area contributed by atoms with Gasteiger partial charge in [-0.1, -0.05) is 6.92 Å². The number of nitrogens with one attached hydrogen (secondary N) is 5. The molecule has 3 unspecified atom stereocenters. The second-order valence-corrected chi connectivity index (χ2v) is 14.0. The summed E-state index contributed by atoms with van der Waals surface area (Å²) in [6.45, 7) is 6.08. The molecule has 0 aliphatic carbocycles. The Morgan fingerprint density at radius 1 is 0.784 bits per heavy atom. The average molecular weight is 710 g/mol. The van der Waals surface area contributed by atoms with E-state index in [1.807, 2.05) is 11.8 Å². The van der Waals surface area contributed by atoms with Gasteiger partial charge in [-0.2, -0.15) is 0 Å². The summed E-state index contributed by atoms with van der Waals surface area (Å²) in [7, 11) is 1.66. The zero-order valence-corrected chi connectivity index (χ0v) is 29.9.